The number of benzene rings is 2. The smallest absolute Gasteiger partial charge is 0.251 e. The molecule has 2 unspecified atom stereocenters. The van der Waals surface area contributed by atoms with E-state index in [0.717, 1.165) is 47.4 Å². The third-order valence-corrected chi connectivity index (χ3v) is 8.22. The lowest BCUT2D eigenvalue weighted by Crippen LogP contribution is -2.35. The third-order valence-electron chi connectivity index (χ3n) is 8.22. The summed E-state index contributed by atoms with van der Waals surface area (Å²) in [6, 6.07) is 15.3. The van der Waals surface area contributed by atoms with Gasteiger partial charge in [-0.05, 0) is 121 Å². The first kappa shape index (κ1) is 31.5. The van der Waals surface area contributed by atoms with Crippen molar-refractivity contribution in [1.29, 1.82) is 5.41 Å². The summed E-state index contributed by atoms with van der Waals surface area (Å²) in [5.41, 5.74) is 14.3. The zero-order valence-electron chi connectivity index (χ0n) is 26.1. The molecule has 2 aromatic carbocycles. The van der Waals surface area contributed by atoms with Gasteiger partial charge in [0.25, 0.3) is 5.91 Å². The molecule has 2 aliphatic carbocycles. The van der Waals surface area contributed by atoms with E-state index in [1.807, 2.05) is 81.4 Å². The number of pyridine rings is 1. The highest BCUT2D eigenvalue weighted by atomic mass is 16.1. The van der Waals surface area contributed by atoms with Crippen molar-refractivity contribution in [1.82, 2.24) is 15.2 Å². The quantitative estimate of drug-likeness (QED) is 0.223. The minimum atomic E-state index is -0.0617. The van der Waals surface area contributed by atoms with Crippen LogP contribution < -0.4 is 21.5 Å². The fourth-order valence-corrected chi connectivity index (χ4v) is 6.19. The maximum atomic E-state index is 12.6. The summed E-state index contributed by atoms with van der Waals surface area (Å²) in [5.74, 6) is 6.91. The van der Waals surface area contributed by atoms with Gasteiger partial charge < -0.3 is 16.0 Å². The van der Waals surface area contributed by atoms with Gasteiger partial charge >= 0.3 is 0 Å². The Kier molecular flexibility index (Phi) is 10.3. The van der Waals surface area contributed by atoms with Crippen molar-refractivity contribution in [2.75, 3.05) is 32.9 Å². The Balaban J connectivity index is 0.00000207. The van der Waals surface area contributed by atoms with E-state index in [-0.39, 0.29) is 11.6 Å². The van der Waals surface area contributed by atoms with Crippen LogP contribution in [-0.2, 0) is 0 Å². The Labute approximate surface area is 255 Å². The zero-order valence-corrected chi connectivity index (χ0v) is 26.1. The number of carbonyl (C=O) groups excluding carboxylic acids is 1. The van der Waals surface area contributed by atoms with Gasteiger partial charge in [0.1, 0.15) is 5.71 Å². The van der Waals surface area contributed by atoms with Gasteiger partial charge in [0.2, 0.25) is 0 Å². The summed E-state index contributed by atoms with van der Waals surface area (Å²) in [7, 11) is 3.98. The van der Waals surface area contributed by atoms with E-state index in [1.54, 1.807) is 12.4 Å². The van der Waals surface area contributed by atoms with Crippen LogP contribution in [0, 0.1) is 29.1 Å². The van der Waals surface area contributed by atoms with Crippen LogP contribution in [0.1, 0.15) is 67.1 Å². The Morgan fingerprint density at radius 3 is 2.37 bits per heavy atom. The number of hydrogen-bond donors (Lipinski definition) is 3. The van der Waals surface area contributed by atoms with Gasteiger partial charge in [-0.25, -0.2) is 0 Å². The number of nitrogen functional groups attached to an aromatic ring is 1. The summed E-state index contributed by atoms with van der Waals surface area (Å²) in [5, 5.41) is 13.8. The van der Waals surface area contributed by atoms with E-state index in [9.17, 15) is 4.79 Å². The SMILES string of the molecule is C=c1ccc(N)c(C(=N)C#Cc2ccncc2)/c1=C1/C(=C(\C)c2ccc(C(=O)NCCN(C)C)cc2)C2CCC1C2.CC. The molecule has 2 bridgehead atoms. The maximum Gasteiger partial charge on any atom is 0.251 e. The molecule has 0 radical (unpaired) electrons. The molecule has 222 valence electrons. The fraction of sp³-hybridized carbons (Fsp3) is 0.324. The second-order valence-electron chi connectivity index (χ2n) is 11.2. The van der Waals surface area contributed by atoms with Crippen LogP contribution >= 0.6 is 0 Å². The van der Waals surface area contributed by atoms with E-state index >= 15 is 0 Å². The molecule has 0 spiro atoms. The number of carbonyl (C=O) groups is 1. The molecule has 2 aliphatic rings. The van der Waals surface area contributed by atoms with Crippen molar-refractivity contribution < 1.29 is 4.79 Å². The molecule has 4 N–H and O–H groups in total. The lowest BCUT2D eigenvalue weighted by molar-refractivity contribution is 0.0951. The number of rotatable bonds is 6. The Morgan fingerprint density at radius 1 is 1.05 bits per heavy atom. The molecule has 1 aromatic heterocycles. The van der Waals surface area contributed by atoms with E-state index in [1.165, 1.54) is 16.7 Å². The Bertz CT molecular complexity index is 1690. The van der Waals surface area contributed by atoms with E-state index in [2.05, 4.69) is 35.6 Å². The maximum absolute atomic E-state index is 12.6. The monoisotopic (exact) mass is 573 g/mol. The summed E-state index contributed by atoms with van der Waals surface area (Å²) in [6.07, 6.45) is 6.75. The summed E-state index contributed by atoms with van der Waals surface area (Å²) in [6.45, 7) is 12.0. The van der Waals surface area contributed by atoms with E-state index < -0.39 is 0 Å². The molecule has 1 amide bonds. The third kappa shape index (κ3) is 6.96. The van der Waals surface area contributed by atoms with Crippen molar-refractivity contribution in [3.63, 3.8) is 0 Å². The number of anilines is 1. The first-order chi connectivity index (χ1) is 20.7. The molecule has 6 nitrogen and oxygen atoms in total. The normalized spacial score (nSPS) is 19.2. The summed E-state index contributed by atoms with van der Waals surface area (Å²) >= 11 is 0. The molecule has 43 heavy (non-hydrogen) atoms. The molecular formula is C37H43N5O. The lowest BCUT2D eigenvalue weighted by atomic mass is 9.82. The first-order valence-electron chi connectivity index (χ1n) is 15.1. The van der Waals surface area contributed by atoms with Gasteiger partial charge in [0.05, 0.1) is 0 Å². The largest absolute Gasteiger partial charge is 0.398 e. The van der Waals surface area contributed by atoms with Crippen molar-refractivity contribution >= 4 is 35.0 Å². The molecule has 1 heterocycles. The van der Waals surface area contributed by atoms with Crippen LogP contribution in [0.5, 0.6) is 0 Å². The minimum absolute atomic E-state index is 0.0617. The molecule has 2 fully saturated rings. The van der Waals surface area contributed by atoms with Gasteiger partial charge in [-0.15, -0.1) is 0 Å². The second-order valence-corrected chi connectivity index (χ2v) is 11.2. The van der Waals surface area contributed by atoms with Crippen molar-refractivity contribution in [2.45, 2.75) is 40.0 Å². The van der Waals surface area contributed by atoms with Crippen LogP contribution in [0.3, 0.4) is 0 Å². The topological polar surface area (TPSA) is 95.1 Å². The average molecular weight is 574 g/mol. The highest BCUT2D eigenvalue weighted by molar-refractivity contribution is 6.15. The van der Waals surface area contributed by atoms with Gasteiger partial charge in [-0.2, -0.15) is 0 Å². The summed E-state index contributed by atoms with van der Waals surface area (Å²) in [4.78, 5) is 18.7. The molecular weight excluding hydrogens is 530 g/mol. The average Bonchev–Trinajstić information content (AvgIpc) is 3.64. The zero-order chi connectivity index (χ0) is 31.1. The molecule has 0 aliphatic heterocycles. The molecule has 5 rings (SSSR count). The van der Waals surface area contributed by atoms with E-state index in [0.29, 0.717) is 35.2 Å². The molecule has 2 saturated carbocycles. The number of aromatic nitrogens is 1. The first-order valence-corrected chi connectivity index (χ1v) is 15.1. The van der Waals surface area contributed by atoms with Crippen molar-refractivity contribution in [3.05, 3.63) is 99.2 Å². The number of amides is 1. The lowest BCUT2D eigenvalue weighted by Gasteiger charge is -2.23. The Morgan fingerprint density at radius 2 is 1.70 bits per heavy atom. The second kappa shape index (κ2) is 14.1. The molecule has 6 heteroatoms. The van der Waals surface area contributed by atoms with Crippen LogP contribution in [0.2, 0.25) is 0 Å². The van der Waals surface area contributed by atoms with Crippen molar-refractivity contribution in [2.24, 2.45) is 11.8 Å². The van der Waals surface area contributed by atoms with Gasteiger partial charge in [-0.3, -0.25) is 15.2 Å². The number of nitrogens with one attached hydrogen (secondary N) is 2. The number of nitrogens with zero attached hydrogens (tertiary/aromatic N) is 2. The van der Waals surface area contributed by atoms with Crippen LogP contribution in [0.15, 0.2) is 66.5 Å². The van der Waals surface area contributed by atoms with Crippen molar-refractivity contribution in [3.8, 4) is 11.8 Å². The predicted molar refractivity (Wildman–Crippen MR) is 179 cm³/mol. The molecule has 0 saturated heterocycles. The standard InChI is InChI=1S/C35H37N5O.C2H6/c1-22-5-13-29(36)34(30(37)14-6-24-15-17-38-18-16-24)31(22)33-28-12-11-27(21-28)32(33)23(2)25-7-9-26(10-8-25)35(41)39-19-20-40(3)4;1-2/h5,7-10,13,15-18,27-28,37H,1,11-12,19-21,36H2,2-4H3,(H,39,41);1-2H3/b32-23+,33-31+,37-30?;. The van der Waals surface area contributed by atoms with Crippen LogP contribution in [0.25, 0.3) is 17.7 Å². The number of fused-ring (bicyclic) bond motifs is 2. The molecule has 2 atom stereocenters. The van der Waals surface area contributed by atoms with Gasteiger partial charge in [0, 0.05) is 47.9 Å². The predicted octanol–water partition coefficient (Wildman–Crippen LogP) is 4.87. The number of allylic oxidation sites excluding steroid dienone is 2. The fourth-order valence-electron chi connectivity index (χ4n) is 6.19. The molecule has 3 aromatic rings. The number of hydrogen-bond acceptors (Lipinski definition) is 5. The highest BCUT2D eigenvalue weighted by Gasteiger charge is 2.41. The Hall–Kier alpha value is -4.47. The summed E-state index contributed by atoms with van der Waals surface area (Å²) < 4.78 is 0. The number of nitrogens with two attached hydrogens (primary N) is 1. The minimum Gasteiger partial charge on any atom is -0.398 e. The number of likely N-dealkylation sites (N-methyl/N-ethyl adjacent to an activating group) is 1. The highest BCUT2D eigenvalue weighted by Crippen LogP contribution is 2.54. The van der Waals surface area contributed by atoms with Gasteiger partial charge in [-0.1, -0.05) is 44.5 Å². The van der Waals surface area contributed by atoms with Crippen LogP contribution in [-0.4, -0.2) is 48.7 Å². The van der Waals surface area contributed by atoms with E-state index in [4.69, 9.17) is 11.1 Å². The van der Waals surface area contributed by atoms with Gasteiger partial charge in [0.15, 0.2) is 0 Å². The van der Waals surface area contributed by atoms with Crippen LogP contribution in [0.4, 0.5) is 5.69 Å².